The van der Waals surface area contributed by atoms with E-state index < -0.39 is 5.91 Å². The maximum Gasteiger partial charge on any atom is 0.250 e. The molecule has 1 heterocycles. The summed E-state index contributed by atoms with van der Waals surface area (Å²) in [4.78, 5) is 15.9. The fourth-order valence-electron chi connectivity index (χ4n) is 2.49. The lowest BCUT2D eigenvalue weighted by Gasteiger charge is -2.15. The highest BCUT2D eigenvalue weighted by atomic mass is 16.1. The van der Waals surface area contributed by atoms with E-state index in [2.05, 4.69) is 9.55 Å². The number of carbonyl (C=O) groups is 1. The zero-order valence-corrected chi connectivity index (χ0v) is 10.6. The Morgan fingerprint density at radius 2 is 2.11 bits per heavy atom. The van der Waals surface area contributed by atoms with Gasteiger partial charge in [-0.1, -0.05) is 12.1 Å². The van der Waals surface area contributed by atoms with E-state index in [-0.39, 0.29) is 0 Å². The van der Waals surface area contributed by atoms with E-state index in [9.17, 15) is 4.79 Å². The molecule has 1 aliphatic heterocycles. The Morgan fingerprint density at radius 3 is 2.79 bits per heavy atom. The number of amides is 1. The smallest absolute Gasteiger partial charge is 0.250 e. The average molecular weight is 254 g/mol. The van der Waals surface area contributed by atoms with Crippen molar-refractivity contribution in [2.24, 2.45) is 5.73 Å². The number of hydrogen-bond donors (Lipinski definition) is 2. The summed E-state index contributed by atoms with van der Waals surface area (Å²) >= 11 is 0. The zero-order valence-electron chi connectivity index (χ0n) is 10.6. The molecule has 5 nitrogen and oxygen atoms in total. The van der Waals surface area contributed by atoms with Gasteiger partial charge in [-0.3, -0.25) is 4.79 Å². The van der Waals surface area contributed by atoms with Crippen LogP contribution in [0.3, 0.4) is 0 Å². The third-order valence-corrected chi connectivity index (χ3v) is 3.33. The average Bonchev–Trinajstić information content (AvgIpc) is 2.73. The summed E-state index contributed by atoms with van der Waals surface area (Å²) in [5.74, 6) is -0.526. The highest BCUT2D eigenvalue weighted by Crippen LogP contribution is 2.35. The topological polar surface area (TPSA) is 86.9 Å². The number of benzene rings is 1. The van der Waals surface area contributed by atoms with Gasteiger partial charge >= 0.3 is 0 Å². The van der Waals surface area contributed by atoms with E-state index in [1.807, 2.05) is 31.2 Å². The predicted octanol–water partition coefficient (Wildman–Crippen LogP) is 1.84. The van der Waals surface area contributed by atoms with Gasteiger partial charge in [0, 0.05) is 6.54 Å². The minimum atomic E-state index is -0.526. The molecule has 0 fully saturated rings. The van der Waals surface area contributed by atoms with Gasteiger partial charge in [0.2, 0.25) is 0 Å². The van der Waals surface area contributed by atoms with Crippen molar-refractivity contribution in [1.82, 2.24) is 9.55 Å². The molecule has 0 spiro atoms. The molecule has 0 atom stereocenters. The second-order valence-electron chi connectivity index (χ2n) is 4.41. The number of rotatable bonds is 2. The van der Waals surface area contributed by atoms with Crippen LogP contribution >= 0.6 is 0 Å². The Balaban J connectivity index is 2.50. The first-order chi connectivity index (χ1) is 9.13. The lowest BCUT2D eigenvalue weighted by molar-refractivity contribution is 0.100. The van der Waals surface area contributed by atoms with Crippen molar-refractivity contribution in [3.8, 4) is 11.4 Å². The van der Waals surface area contributed by atoms with Gasteiger partial charge in [-0.2, -0.15) is 0 Å². The molecule has 96 valence electrons. The molecule has 1 aliphatic carbocycles. The van der Waals surface area contributed by atoms with Gasteiger partial charge < -0.3 is 16.0 Å². The van der Waals surface area contributed by atoms with E-state index in [1.165, 1.54) is 0 Å². The molecule has 0 aromatic heterocycles. The molecule has 3 rings (SSSR count). The lowest BCUT2D eigenvalue weighted by atomic mass is 10.2. The number of anilines is 1. The van der Waals surface area contributed by atoms with Crippen LogP contribution in [0.4, 0.5) is 5.69 Å². The fourth-order valence-corrected chi connectivity index (χ4v) is 2.49. The van der Waals surface area contributed by atoms with Crippen molar-refractivity contribution in [3.05, 3.63) is 35.9 Å². The first-order valence-electron chi connectivity index (χ1n) is 6.10. The number of nitrogens with zero attached hydrogens (tertiary/aromatic N) is 2. The second-order valence-corrected chi connectivity index (χ2v) is 4.41. The van der Waals surface area contributed by atoms with Crippen molar-refractivity contribution in [2.75, 3.05) is 5.73 Å². The van der Waals surface area contributed by atoms with E-state index in [1.54, 1.807) is 6.07 Å². The number of primary amides is 1. The first-order valence-corrected chi connectivity index (χ1v) is 6.10. The quantitative estimate of drug-likeness (QED) is 0.731. The van der Waals surface area contributed by atoms with Gasteiger partial charge in [0.1, 0.15) is 0 Å². The summed E-state index contributed by atoms with van der Waals surface area (Å²) in [6, 6.07) is 9.47. The third-order valence-electron chi connectivity index (χ3n) is 3.33. The molecular weight excluding hydrogens is 240 g/mol. The van der Waals surface area contributed by atoms with E-state index in [0.29, 0.717) is 16.9 Å². The molecule has 0 saturated heterocycles. The molecular formula is C14H14N4O. The normalized spacial score (nSPS) is 11.2. The predicted molar refractivity (Wildman–Crippen MR) is 75.0 cm³/mol. The number of nitrogen functional groups attached to an aromatic ring is 1. The minimum Gasteiger partial charge on any atom is -0.396 e. The third kappa shape index (κ3) is 1.55. The highest BCUT2D eigenvalue weighted by Gasteiger charge is 2.22. The van der Waals surface area contributed by atoms with Gasteiger partial charge in [0.25, 0.3) is 5.91 Å². The Kier molecular flexibility index (Phi) is 2.41. The summed E-state index contributed by atoms with van der Waals surface area (Å²) in [6.07, 6.45) is 0. The number of fused-ring (bicyclic) bond motifs is 2. The van der Waals surface area contributed by atoms with Gasteiger partial charge in [-0.15, -0.1) is 0 Å². The molecule has 4 N–H and O–H groups in total. The van der Waals surface area contributed by atoms with Gasteiger partial charge in [0.05, 0.1) is 33.7 Å². The second kappa shape index (κ2) is 3.98. The molecule has 2 aliphatic rings. The van der Waals surface area contributed by atoms with Gasteiger partial charge in [0.15, 0.2) is 0 Å². The molecule has 1 amide bonds. The van der Waals surface area contributed by atoms with Crippen molar-refractivity contribution in [3.63, 3.8) is 0 Å². The van der Waals surface area contributed by atoms with Crippen LogP contribution in [0.5, 0.6) is 0 Å². The monoisotopic (exact) mass is 254 g/mol. The molecule has 1 aromatic carbocycles. The van der Waals surface area contributed by atoms with Crippen LogP contribution in [0.1, 0.15) is 17.3 Å². The fraction of sp³-hybridized carbons (Fsp3) is 0.143. The zero-order chi connectivity index (χ0) is 13.6. The lowest BCUT2D eigenvalue weighted by Crippen LogP contribution is -2.12. The molecule has 19 heavy (non-hydrogen) atoms. The number of carbonyl (C=O) groups excluding carboxylic acids is 1. The number of aryl methyl sites for hydroxylation is 1. The van der Waals surface area contributed by atoms with E-state index in [0.717, 1.165) is 23.3 Å². The van der Waals surface area contributed by atoms with E-state index in [4.69, 9.17) is 11.5 Å². The van der Waals surface area contributed by atoms with Crippen molar-refractivity contribution in [1.29, 1.82) is 0 Å². The summed E-state index contributed by atoms with van der Waals surface area (Å²) in [5, 5.41) is 0. The minimum absolute atomic E-state index is 0.333. The summed E-state index contributed by atoms with van der Waals surface area (Å²) in [5.41, 5.74) is 15.5. The Morgan fingerprint density at radius 1 is 1.37 bits per heavy atom. The van der Waals surface area contributed by atoms with Crippen LogP contribution in [0, 0.1) is 0 Å². The summed E-state index contributed by atoms with van der Waals surface area (Å²) < 4.78 is 2.05. The van der Waals surface area contributed by atoms with Crippen LogP contribution < -0.4 is 11.5 Å². The van der Waals surface area contributed by atoms with Crippen LogP contribution in [0.25, 0.3) is 22.4 Å². The Bertz CT molecular complexity index is 760. The van der Waals surface area contributed by atoms with E-state index >= 15 is 0 Å². The number of hydrogen-bond acceptors (Lipinski definition) is 3. The molecule has 0 bridgehead atoms. The van der Waals surface area contributed by atoms with Crippen molar-refractivity contribution in [2.45, 2.75) is 13.5 Å². The van der Waals surface area contributed by atoms with Crippen LogP contribution in [0.2, 0.25) is 0 Å². The van der Waals surface area contributed by atoms with Crippen molar-refractivity contribution >= 4 is 22.6 Å². The highest BCUT2D eigenvalue weighted by molar-refractivity contribution is 6.04. The van der Waals surface area contributed by atoms with Crippen LogP contribution in [-0.2, 0) is 6.54 Å². The molecule has 0 saturated carbocycles. The molecule has 0 unspecified atom stereocenters. The van der Waals surface area contributed by atoms with Gasteiger partial charge in [-0.05, 0) is 25.1 Å². The standard InChI is InChI=1S/C14H14N4O/c1-2-18-11-6-4-3-5-9(11)17-10-7-8(14(16)19)12(15)13(10)18/h3-7H,2,15H2,1H3,(H2,16,19). The maximum absolute atomic E-state index is 11.4. The maximum atomic E-state index is 11.4. The largest absolute Gasteiger partial charge is 0.396 e. The Labute approximate surface area is 110 Å². The SMILES string of the molecule is CCn1c2c(N)c(C(N)=O)cc-2nc2ccccc21. The van der Waals surface area contributed by atoms with Gasteiger partial charge in [-0.25, -0.2) is 4.98 Å². The first kappa shape index (κ1) is 11.5. The molecule has 0 radical (unpaired) electrons. The van der Waals surface area contributed by atoms with Crippen LogP contribution in [-0.4, -0.2) is 15.5 Å². The molecule has 1 aromatic rings. The molecule has 5 heteroatoms. The Hall–Kier alpha value is -2.56. The summed E-state index contributed by atoms with van der Waals surface area (Å²) in [6.45, 7) is 2.77. The number of nitrogens with two attached hydrogens (primary N) is 2. The van der Waals surface area contributed by atoms with Crippen LogP contribution in [0.15, 0.2) is 30.3 Å². The van der Waals surface area contributed by atoms with Crippen molar-refractivity contribution < 1.29 is 4.79 Å². The number of para-hydroxylation sites is 2. The number of aromatic nitrogens is 2. The summed E-state index contributed by atoms with van der Waals surface area (Å²) in [7, 11) is 0.